The quantitative estimate of drug-likeness (QED) is 0.484. The van der Waals surface area contributed by atoms with E-state index in [1.807, 2.05) is 0 Å². The van der Waals surface area contributed by atoms with Crippen molar-refractivity contribution in [2.75, 3.05) is 32.1 Å². The zero-order valence-electron chi connectivity index (χ0n) is 17.3. The van der Waals surface area contributed by atoms with Crippen molar-refractivity contribution < 1.29 is 22.4 Å². The minimum atomic E-state index is -0.824. The van der Waals surface area contributed by atoms with Crippen molar-refractivity contribution in [3.8, 4) is 11.1 Å². The van der Waals surface area contributed by atoms with E-state index < -0.39 is 29.4 Å². The van der Waals surface area contributed by atoms with E-state index in [0.29, 0.717) is 17.7 Å². The number of H-pyrrole nitrogens is 1. The van der Waals surface area contributed by atoms with Gasteiger partial charge in [0.2, 0.25) is 5.95 Å². The van der Waals surface area contributed by atoms with Crippen LogP contribution in [0.3, 0.4) is 0 Å². The predicted molar refractivity (Wildman–Crippen MR) is 112 cm³/mol. The van der Waals surface area contributed by atoms with Crippen molar-refractivity contribution in [1.82, 2.24) is 15.1 Å². The molecule has 2 aromatic carbocycles. The van der Waals surface area contributed by atoms with Crippen LogP contribution in [0.25, 0.3) is 11.1 Å². The summed E-state index contributed by atoms with van der Waals surface area (Å²) in [5.41, 5.74) is 1.31. The molecule has 2 heterocycles. The molecule has 0 radical (unpaired) electrons. The molecule has 0 unspecified atom stereocenters. The molecule has 0 spiro atoms. The molecule has 0 fully saturated rings. The number of aliphatic imine (C=N–C) groups is 1. The number of nitrogens with one attached hydrogen (secondary N) is 1. The second-order valence-electron chi connectivity index (χ2n) is 7.69. The Morgan fingerprint density at radius 3 is 2.44 bits per heavy atom. The van der Waals surface area contributed by atoms with E-state index in [2.05, 4.69) is 15.2 Å². The number of hydrogen-bond donors (Lipinski definition) is 1. The van der Waals surface area contributed by atoms with E-state index in [4.69, 9.17) is 0 Å². The molecule has 1 aliphatic rings. The summed E-state index contributed by atoms with van der Waals surface area (Å²) in [6.07, 6.45) is 1.68. The van der Waals surface area contributed by atoms with E-state index in [0.717, 1.165) is 24.3 Å². The van der Waals surface area contributed by atoms with E-state index >= 15 is 0 Å². The van der Waals surface area contributed by atoms with Gasteiger partial charge in [-0.25, -0.2) is 18.0 Å². The number of nitrogens with zero attached hydrogens (tertiary/aromatic N) is 4. The molecule has 1 aliphatic heterocycles. The molecule has 0 saturated heterocycles. The Bertz CT molecular complexity index is 1200. The Morgan fingerprint density at radius 1 is 1.09 bits per heavy atom. The maximum atomic E-state index is 14.7. The normalized spacial score (nSPS) is 13.7. The molecule has 0 bridgehead atoms. The smallest absolute Gasteiger partial charge is 0.304 e. The van der Waals surface area contributed by atoms with Crippen LogP contribution in [-0.4, -0.2) is 54.0 Å². The number of likely N-dealkylation sites (N-methyl/N-ethyl adjacent to an activating group) is 1. The monoisotopic (exact) mass is 445 g/mol. The van der Waals surface area contributed by atoms with Crippen LogP contribution in [-0.2, 0) is 6.42 Å². The van der Waals surface area contributed by atoms with Gasteiger partial charge in [0, 0.05) is 36.5 Å². The Balaban J connectivity index is 1.69. The van der Waals surface area contributed by atoms with Crippen LogP contribution in [0, 0.1) is 23.4 Å². The first kappa shape index (κ1) is 21.7. The first-order chi connectivity index (χ1) is 15.2. The fraction of sp³-hybridized carbons (Fsp3) is 0.227. The molecular formula is C22H19F4N5O. The average molecular weight is 445 g/mol. The van der Waals surface area contributed by atoms with Crippen LogP contribution < -0.4 is 4.90 Å². The molecule has 166 valence electrons. The van der Waals surface area contributed by atoms with E-state index in [1.54, 1.807) is 19.0 Å². The van der Waals surface area contributed by atoms with Gasteiger partial charge in [0.25, 0.3) is 0 Å². The van der Waals surface area contributed by atoms with Crippen molar-refractivity contribution in [1.29, 1.82) is 0 Å². The predicted octanol–water partition coefficient (Wildman–Crippen LogP) is 4.17. The highest BCUT2D eigenvalue weighted by molar-refractivity contribution is 6.10. The molecule has 0 saturated carbocycles. The SMILES string of the molecule is CN(C)C/C(=N\C(=O)N1CCc2cc(-c3c[nH]nc3F)c(F)cc21)c1cc(F)cc(F)c1. The van der Waals surface area contributed by atoms with E-state index in [1.165, 1.54) is 17.2 Å². The Hall–Kier alpha value is -3.53. The number of halogens is 4. The fourth-order valence-corrected chi connectivity index (χ4v) is 3.67. The summed E-state index contributed by atoms with van der Waals surface area (Å²) >= 11 is 0. The molecule has 0 aliphatic carbocycles. The van der Waals surface area contributed by atoms with Crippen LogP contribution in [0.2, 0.25) is 0 Å². The lowest BCUT2D eigenvalue weighted by Crippen LogP contribution is -2.30. The highest BCUT2D eigenvalue weighted by Gasteiger charge is 2.28. The summed E-state index contributed by atoms with van der Waals surface area (Å²) in [6.45, 7) is 0.392. The zero-order valence-corrected chi connectivity index (χ0v) is 17.3. The van der Waals surface area contributed by atoms with Gasteiger partial charge in [-0.1, -0.05) is 0 Å². The lowest BCUT2D eigenvalue weighted by molar-refractivity contribution is 0.254. The number of carbonyl (C=O) groups excluding carboxylic acids is 1. The molecule has 1 aromatic heterocycles. The molecule has 32 heavy (non-hydrogen) atoms. The third-order valence-corrected chi connectivity index (χ3v) is 5.07. The van der Waals surface area contributed by atoms with Gasteiger partial charge in [-0.3, -0.25) is 10.00 Å². The van der Waals surface area contributed by atoms with Crippen molar-refractivity contribution in [2.24, 2.45) is 4.99 Å². The molecule has 6 nitrogen and oxygen atoms in total. The van der Waals surface area contributed by atoms with Crippen LogP contribution in [0.15, 0.2) is 41.5 Å². The zero-order chi connectivity index (χ0) is 23.0. The minimum Gasteiger partial charge on any atom is -0.304 e. The first-order valence-electron chi connectivity index (χ1n) is 9.75. The summed E-state index contributed by atoms with van der Waals surface area (Å²) in [4.78, 5) is 20.1. The summed E-state index contributed by atoms with van der Waals surface area (Å²) in [6, 6.07) is 4.89. The third-order valence-electron chi connectivity index (χ3n) is 5.07. The number of anilines is 1. The van der Waals surface area contributed by atoms with Gasteiger partial charge in [-0.2, -0.15) is 9.38 Å². The Labute approximate surface area is 181 Å². The Kier molecular flexibility index (Phi) is 5.79. The number of benzene rings is 2. The molecule has 2 amide bonds. The van der Waals surface area contributed by atoms with Crippen molar-refractivity contribution in [3.05, 3.63) is 71.1 Å². The summed E-state index contributed by atoms with van der Waals surface area (Å²) < 4.78 is 55.9. The average Bonchev–Trinajstić information content (AvgIpc) is 3.31. The van der Waals surface area contributed by atoms with Gasteiger partial charge in [-0.05, 0) is 50.3 Å². The number of urea groups is 1. The fourth-order valence-electron chi connectivity index (χ4n) is 3.67. The van der Waals surface area contributed by atoms with Crippen molar-refractivity contribution >= 4 is 17.4 Å². The second-order valence-corrected chi connectivity index (χ2v) is 7.69. The number of rotatable bonds is 4. The molecule has 4 rings (SSSR count). The number of fused-ring (bicyclic) bond motifs is 1. The lowest BCUT2D eigenvalue weighted by atomic mass is 10.0. The van der Waals surface area contributed by atoms with E-state index in [-0.39, 0.29) is 35.5 Å². The number of carbonyl (C=O) groups is 1. The van der Waals surface area contributed by atoms with Gasteiger partial charge in [0.15, 0.2) is 0 Å². The highest BCUT2D eigenvalue weighted by Crippen LogP contribution is 2.35. The first-order valence-corrected chi connectivity index (χ1v) is 9.75. The van der Waals surface area contributed by atoms with E-state index in [9.17, 15) is 22.4 Å². The van der Waals surface area contributed by atoms with Crippen LogP contribution in [0.1, 0.15) is 11.1 Å². The highest BCUT2D eigenvalue weighted by atomic mass is 19.1. The van der Waals surface area contributed by atoms with Gasteiger partial charge in [0.05, 0.1) is 17.0 Å². The number of amides is 2. The number of aromatic nitrogens is 2. The van der Waals surface area contributed by atoms with Crippen LogP contribution in [0.4, 0.5) is 28.0 Å². The summed E-state index contributed by atoms with van der Waals surface area (Å²) in [7, 11) is 3.46. The van der Waals surface area contributed by atoms with Gasteiger partial charge in [0.1, 0.15) is 17.5 Å². The molecule has 1 N–H and O–H groups in total. The third kappa shape index (κ3) is 4.26. The summed E-state index contributed by atoms with van der Waals surface area (Å²) in [5.74, 6) is -3.11. The number of hydrogen-bond acceptors (Lipinski definition) is 3. The molecule has 0 atom stereocenters. The maximum absolute atomic E-state index is 14.7. The molecular weight excluding hydrogens is 426 g/mol. The second kappa shape index (κ2) is 8.54. The van der Waals surface area contributed by atoms with Crippen LogP contribution in [0.5, 0.6) is 0 Å². The van der Waals surface area contributed by atoms with Gasteiger partial charge >= 0.3 is 6.03 Å². The topological polar surface area (TPSA) is 64.6 Å². The largest absolute Gasteiger partial charge is 0.348 e. The number of aromatic amines is 1. The summed E-state index contributed by atoms with van der Waals surface area (Å²) in [5, 5.41) is 5.72. The molecule has 10 heteroatoms. The minimum absolute atomic E-state index is 0.00509. The van der Waals surface area contributed by atoms with Crippen molar-refractivity contribution in [2.45, 2.75) is 6.42 Å². The maximum Gasteiger partial charge on any atom is 0.348 e. The van der Waals surface area contributed by atoms with Gasteiger partial charge in [-0.15, -0.1) is 5.10 Å². The Morgan fingerprint density at radius 2 is 1.81 bits per heavy atom. The molecule has 3 aromatic rings. The van der Waals surface area contributed by atoms with Crippen molar-refractivity contribution in [3.63, 3.8) is 0 Å². The van der Waals surface area contributed by atoms with Crippen LogP contribution >= 0.6 is 0 Å². The lowest BCUT2D eigenvalue weighted by Gasteiger charge is -2.18. The van der Waals surface area contributed by atoms with Gasteiger partial charge < -0.3 is 4.90 Å². The standard InChI is InChI=1S/C22H19F4N5O/c1-30(2)11-19(13-5-14(23)8-15(24)6-13)28-22(32)31-4-3-12-7-16(18(25)9-20(12)31)17-10-27-29-21(17)26/h5-10H,3-4,11H2,1-2H3,(H,27,29)/b28-19+.